The number of nitrogens with zero attached hydrogens (tertiary/aromatic N) is 1. The van der Waals surface area contributed by atoms with Gasteiger partial charge in [-0.3, -0.25) is 0 Å². The van der Waals surface area contributed by atoms with E-state index >= 15 is 0 Å². The first-order chi connectivity index (χ1) is 9.16. The van der Waals surface area contributed by atoms with Gasteiger partial charge in [-0.05, 0) is 56.5 Å². The van der Waals surface area contributed by atoms with Gasteiger partial charge in [-0.2, -0.15) is 0 Å². The molecule has 0 unspecified atom stereocenters. The van der Waals surface area contributed by atoms with E-state index in [1.165, 1.54) is 16.5 Å². The molecule has 19 heavy (non-hydrogen) atoms. The van der Waals surface area contributed by atoms with Crippen molar-refractivity contribution in [3.63, 3.8) is 0 Å². The lowest BCUT2D eigenvalue weighted by molar-refractivity contribution is 0.624. The van der Waals surface area contributed by atoms with Gasteiger partial charge in [0, 0.05) is 11.4 Å². The fraction of sp³-hybridized carbons (Fsp3) is 0.400. The third-order valence-electron chi connectivity index (χ3n) is 3.25. The van der Waals surface area contributed by atoms with Gasteiger partial charge in [0.2, 0.25) is 0 Å². The highest BCUT2D eigenvalue weighted by Gasteiger charge is 2.02. The molecule has 0 fully saturated rings. The highest BCUT2D eigenvalue weighted by Crippen LogP contribution is 2.12. The van der Waals surface area contributed by atoms with Crippen LogP contribution in [0.3, 0.4) is 0 Å². The van der Waals surface area contributed by atoms with Crippen LogP contribution in [0, 0.1) is 19.7 Å². The zero-order valence-electron chi connectivity index (χ0n) is 11.4. The lowest BCUT2D eigenvalue weighted by Gasteiger charge is -2.07. The van der Waals surface area contributed by atoms with Gasteiger partial charge in [0.1, 0.15) is 5.82 Å². The molecule has 0 aliphatic rings. The summed E-state index contributed by atoms with van der Waals surface area (Å²) in [5.41, 5.74) is 5.27. The molecular weight excluding hydrogens is 259 g/mol. The molecule has 1 aromatic heterocycles. The molecule has 2 nitrogen and oxygen atoms in total. The van der Waals surface area contributed by atoms with Crippen LogP contribution >= 0.6 is 11.3 Å². The minimum Gasteiger partial charge on any atom is -0.316 e. The number of hydrogen-bond acceptors (Lipinski definition) is 3. The maximum Gasteiger partial charge on any atom is 0.123 e. The number of rotatable bonds is 6. The minimum absolute atomic E-state index is 0.158. The molecule has 1 N–H and O–H groups in total. The third-order valence-corrected chi connectivity index (χ3v) is 4.24. The van der Waals surface area contributed by atoms with Gasteiger partial charge in [-0.25, -0.2) is 9.37 Å². The Morgan fingerprint density at radius 2 is 2.00 bits per heavy atom. The molecule has 0 saturated carbocycles. The number of thiazole rings is 1. The Balaban J connectivity index is 1.71. The summed E-state index contributed by atoms with van der Waals surface area (Å²) in [6.45, 7) is 5.89. The second kappa shape index (κ2) is 6.78. The van der Waals surface area contributed by atoms with Crippen molar-refractivity contribution < 1.29 is 4.39 Å². The number of benzene rings is 1. The Bertz CT molecular complexity index is 537. The van der Waals surface area contributed by atoms with E-state index < -0.39 is 0 Å². The van der Waals surface area contributed by atoms with Crippen LogP contribution in [0.1, 0.15) is 21.7 Å². The molecule has 2 rings (SSSR count). The summed E-state index contributed by atoms with van der Waals surface area (Å²) in [4.78, 5) is 5.59. The van der Waals surface area contributed by atoms with Crippen LogP contribution in [0.5, 0.6) is 0 Å². The fourth-order valence-corrected chi connectivity index (χ4v) is 2.84. The predicted molar refractivity (Wildman–Crippen MR) is 78.3 cm³/mol. The maximum absolute atomic E-state index is 13.0. The smallest absolute Gasteiger partial charge is 0.123 e. The van der Waals surface area contributed by atoms with Gasteiger partial charge in [0.15, 0.2) is 0 Å². The van der Waals surface area contributed by atoms with Crippen LogP contribution in [-0.2, 0) is 12.8 Å². The maximum atomic E-state index is 13.0. The van der Waals surface area contributed by atoms with Gasteiger partial charge in [-0.1, -0.05) is 6.07 Å². The van der Waals surface area contributed by atoms with Crippen LogP contribution in [0.25, 0.3) is 0 Å². The first kappa shape index (κ1) is 14.2. The van der Waals surface area contributed by atoms with E-state index in [1.807, 2.05) is 25.4 Å². The lowest BCUT2D eigenvalue weighted by atomic mass is 10.1. The van der Waals surface area contributed by atoms with Crippen LogP contribution < -0.4 is 5.32 Å². The number of hydrogen-bond donors (Lipinski definition) is 1. The fourth-order valence-electron chi connectivity index (χ4n) is 2.06. The molecule has 0 radical (unpaired) electrons. The first-order valence-electron chi connectivity index (χ1n) is 6.51. The molecule has 2 aromatic rings. The summed E-state index contributed by atoms with van der Waals surface area (Å²) < 4.78 is 13.0. The number of nitrogens with one attached hydrogen (secondary N) is 1. The van der Waals surface area contributed by atoms with Crippen molar-refractivity contribution >= 4 is 11.3 Å². The van der Waals surface area contributed by atoms with E-state index in [1.54, 1.807) is 17.4 Å². The van der Waals surface area contributed by atoms with Crippen LogP contribution in [0.2, 0.25) is 0 Å². The van der Waals surface area contributed by atoms with E-state index in [9.17, 15) is 4.39 Å². The predicted octanol–water partition coefficient (Wildman–Crippen LogP) is 3.27. The van der Waals surface area contributed by atoms with Crippen molar-refractivity contribution in [3.05, 3.63) is 51.2 Å². The topological polar surface area (TPSA) is 24.9 Å². The average Bonchev–Trinajstić information content (AvgIpc) is 2.77. The van der Waals surface area contributed by atoms with E-state index in [-0.39, 0.29) is 5.82 Å². The highest BCUT2D eigenvalue weighted by atomic mass is 32.1. The Morgan fingerprint density at radius 1 is 1.21 bits per heavy atom. The van der Waals surface area contributed by atoms with Crippen molar-refractivity contribution in [1.82, 2.24) is 10.3 Å². The van der Waals surface area contributed by atoms with Crippen molar-refractivity contribution in [2.75, 3.05) is 13.1 Å². The SMILES string of the molecule is Cc1cc(F)ccc1CCNCCc1scnc1C. The van der Waals surface area contributed by atoms with Gasteiger partial charge < -0.3 is 5.32 Å². The first-order valence-corrected chi connectivity index (χ1v) is 7.39. The Kier molecular flexibility index (Phi) is 5.05. The summed E-state index contributed by atoms with van der Waals surface area (Å²) in [6, 6.07) is 5.00. The highest BCUT2D eigenvalue weighted by molar-refractivity contribution is 7.09. The molecule has 0 atom stereocenters. The normalized spacial score (nSPS) is 10.9. The van der Waals surface area contributed by atoms with E-state index in [4.69, 9.17) is 0 Å². The second-order valence-electron chi connectivity index (χ2n) is 4.68. The molecule has 0 amide bonds. The minimum atomic E-state index is -0.158. The molecule has 4 heteroatoms. The summed E-state index contributed by atoms with van der Waals surface area (Å²) in [5, 5.41) is 3.43. The summed E-state index contributed by atoms with van der Waals surface area (Å²) >= 11 is 1.72. The lowest BCUT2D eigenvalue weighted by Crippen LogP contribution is -2.20. The van der Waals surface area contributed by atoms with Crippen LogP contribution in [-0.4, -0.2) is 18.1 Å². The van der Waals surface area contributed by atoms with Crippen molar-refractivity contribution in [1.29, 1.82) is 0 Å². The summed E-state index contributed by atoms with van der Waals surface area (Å²) in [7, 11) is 0. The van der Waals surface area contributed by atoms with Gasteiger partial charge in [0.25, 0.3) is 0 Å². The molecular formula is C15H19FN2S. The summed E-state index contributed by atoms with van der Waals surface area (Å²) in [6.07, 6.45) is 1.96. The number of halogens is 1. The van der Waals surface area contributed by atoms with E-state index in [0.29, 0.717) is 0 Å². The van der Waals surface area contributed by atoms with Gasteiger partial charge in [-0.15, -0.1) is 11.3 Å². The average molecular weight is 278 g/mol. The number of aryl methyl sites for hydroxylation is 2. The van der Waals surface area contributed by atoms with Crippen LogP contribution in [0.15, 0.2) is 23.7 Å². The molecule has 0 bridgehead atoms. The van der Waals surface area contributed by atoms with Gasteiger partial charge >= 0.3 is 0 Å². The molecule has 1 heterocycles. The third kappa shape index (κ3) is 4.11. The van der Waals surface area contributed by atoms with Crippen molar-refractivity contribution in [2.24, 2.45) is 0 Å². The molecule has 0 aliphatic heterocycles. The molecule has 0 saturated heterocycles. The van der Waals surface area contributed by atoms with Crippen LogP contribution in [0.4, 0.5) is 4.39 Å². The Hall–Kier alpha value is -1.26. The Labute approximate surface area is 117 Å². The molecule has 102 valence electrons. The van der Waals surface area contributed by atoms with E-state index in [0.717, 1.165) is 37.2 Å². The zero-order chi connectivity index (χ0) is 13.7. The number of aromatic nitrogens is 1. The Morgan fingerprint density at radius 3 is 2.68 bits per heavy atom. The molecule has 0 aliphatic carbocycles. The van der Waals surface area contributed by atoms with Gasteiger partial charge in [0.05, 0.1) is 11.2 Å². The largest absolute Gasteiger partial charge is 0.316 e. The zero-order valence-corrected chi connectivity index (χ0v) is 12.2. The molecule has 1 aromatic carbocycles. The van der Waals surface area contributed by atoms with Crippen molar-refractivity contribution in [2.45, 2.75) is 26.7 Å². The standard InChI is InChI=1S/C15H19FN2S/c1-11-9-14(16)4-3-13(11)5-7-17-8-6-15-12(2)18-10-19-15/h3-4,9-10,17H,5-8H2,1-2H3. The molecule has 0 spiro atoms. The second-order valence-corrected chi connectivity index (χ2v) is 5.62. The summed E-state index contributed by atoms with van der Waals surface area (Å²) in [5.74, 6) is -0.158. The van der Waals surface area contributed by atoms with Crippen molar-refractivity contribution in [3.8, 4) is 0 Å². The monoisotopic (exact) mass is 278 g/mol. The van der Waals surface area contributed by atoms with E-state index in [2.05, 4.69) is 10.3 Å². The quantitative estimate of drug-likeness (QED) is 0.820.